The molecule has 1 aromatic rings. The van der Waals surface area contributed by atoms with E-state index in [0.717, 1.165) is 19.3 Å². The molecule has 2 amide bonds. The Kier molecular flexibility index (Phi) is 6.16. The van der Waals surface area contributed by atoms with Gasteiger partial charge in [-0.3, -0.25) is 9.59 Å². The Morgan fingerprint density at radius 3 is 2.23 bits per heavy atom. The Labute approximate surface area is 185 Å². The molecule has 3 aliphatic heterocycles. The van der Waals surface area contributed by atoms with Crippen molar-refractivity contribution in [2.75, 3.05) is 18.8 Å². The van der Waals surface area contributed by atoms with E-state index in [1.807, 2.05) is 4.90 Å². The molecule has 1 saturated carbocycles. The highest BCUT2D eigenvalue weighted by Crippen LogP contribution is 2.40. The smallest absolute Gasteiger partial charge is 0.223 e. The molecule has 170 valence electrons. The Balaban J connectivity index is 1.25. The number of carbonyl (C=O) groups excluding carboxylic acids is 2. The highest BCUT2D eigenvalue weighted by atomic mass is 32.2. The SMILES string of the molecule is CC1(C)CCC(CC(=O)N2[C@H]3C[C@H]2CN(C(=O)CCS(=O)(=O)c2ccccc2)C3)CC1. The molecule has 0 unspecified atom stereocenters. The summed E-state index contributed by atoms with van der Waals surface area (Å²) in [7, 11) is -3.46. The van der Waals surface area contributed by atoms with Crippen molar-refractivity contribution in [3.8, 4) is 0 Å². The standard InChI is InChI=1S/C24H34N2O4S/c1-24(2)11-8-18(9-12-24)14-23(28)26-19-15-20(26)17-25(16-19)22(27)10-13-31(29,30)21-6-4-3-5-7-21/h3-7,18-20H,8-17H2,1-2H3/t19-,20-/m0/s1. The van der Waals surface area contributed by atoms with Crippen LogP contribution in [-0.4, -0.2) is 61.0 Å². The topological polar surface area (TPSA) is 74.8 Å². The van der Waals surface area contributed by atoms with Gasteiger partial charge in [0.05, 0.1) is 22.7 Å². The van der Waals surface area contributed by atoms with Crippen LogP contribution in [0.15, 0.2) is 35.2 Å². The second-order valence-electron chi connectivity index (χ2n) is 10.3. The van der Waals surface area contributed by atoms with Crippen LogP contribution in [0.1, 0.15) is 58.8 Å². The van der Waals surface area contributed by atoms with E-state index in [1.54, 1.807) is 35.2 Å². The van der Waals surface area contributed by atoms with E-state index in [2.05, 4.69) is 13.8 Å². The lowest BCUT2D eigenvalue weighted by Gasteiger charge is -2.56. The maximum absolute atomic E-state index is 12.9. The van der Waals surface area contributed by atoms with Gasteiger partial charge in [-0.25, -0.2) is 8.42 Å². The molecule has 0 N–H and O–H groups in total. The number of hydrogen-bond donors (Lipinski definition) is 0. The maximum Gasteiger partial charge on any atom is 0.223 e. The Hall–Kier alpha value is -1.89. The Morgan fingerprint density at radius 1 is 1.00 bits per heavy atom. The largest absolute Gasteiger partial charge is 0.339 e. The summed E-state index contributed by atoms with van der Waals surface area (Å²) in [6.45, 7) is 5.68. The molecule has 31 heavy (non-hydrogen) atoms. The first-order valence-corrected chi connectivity index (χ1v) is 13.2. The maximum atomic E-state index is 12.9. The summed E-state index contributed by atoms with van der Waals surface area (Å²) in [4.78, 5) is 29.6. The number of piperazine rings is 1. The molecule has 1 aliphatic carbocycles. The first-order chi connectivity index (χ1) is 14.6. The number of piperidine rings is 1. The molecule has 0 spiro atoms. The molecule has 4 fully saturated rings. The average Bonchev–Trinajstić information content (AvgIpc) is 2.74. The zero-order chi connectivity index (χ0) is 22.2. The minimum atomic E-state index is -3.46. The molecular weight excluding hydrogens is 412 g/mol. The van der Waals surface area contributed by atoms with E-state index in [9.17, 15) is 18.0 Å². The quantitative estimate of drug-likeness (QED) is 0.672. The summed E-state index contributed by atoms with van der Waals surface area (Å²) < 4.78 is 24.9. The van der Waals surface area contributed by atoms with Crippen LogP contribution in [-0.2, 0) is 19.4 Å². The predicted octanol–water partition coefficient (Wildman–Crippen LogP) is 3.27. The van der Waals surface area contributed by atoms with E-state index in [4.69, 9.17) is 0 Å². The molecular formula is C24H34N2O4S. The van der Waals surface area contributed by atoms with Gasteiger partial charge in [0, 0.05) is 25.9 Å². The van der Waals surface area contributed by atoms with Gasteiger partial charge in [-0.2, -0.15) is 0 Å². The number of nitrogens with zero attached hydrogens (tertiary/aromatic N) is 2. The van der Waals surface area contributed by atoms with E-state index >= 15 is 0 Å². The third kappa shape index (κ3) is 4.97. The van der Waals surface area contributed by atoms with E-state index in [-0.39, 0.29) is 41.0 Å². The van der Waals surface area contributed by atoms with Crippen molar-refractivity contribution in [3.63, 3.8) is 0 Å². The molecule has 1 aromatic carbocycles. The lowest BCUT2D eigenvalue weighted by atomic mass is 9.72. The van der Waals surface area contributed by atoms with Crippen molar-refractivity contribution < 1.29 is 18.0 Å². The molecule has 3 saturated heterocycles. The number of carbonyl (C=O) groups is 2. The highest BCUT2D eigenvalue weighted by molar-refractivity contribution is 7.91. The molecule has 5 rings (SSSR count). The number of amides is 2. The van der Waals surface area contributed by atoms with Crippen LogP contribution in [0.2, 0.25) is 0 Å². The van der Waals surface area contributed by atoms with Crippen LogP contribution < -0.4 is 0 Å². The number of sulfone groups is 1. The van der Waals surface area contributed by atoms with Crippen LogP contribution >= 0.6 is 0 Å². The van der Waals surface area contributed by atoms with E-state index in [1.165, 1.54) is 12.8 Å². The molecule has 0 aromatic heterocycles. The summed E-state index contributed by atoms with van der Waals surface area (Å²) in [5, 5.41) is 0. The summed E-state index contributed by atoms with van der Waals surface area (Å²) in [6, 6.07) is 8.47. The molecule has 4 aliphatic rings. The summed E-state index contributed by atoms with van der Waals surface area (Å²) in [5.74, 6) is 0.422. The van der Waals surface area contributed by atoms with Crippen LogP contribution in [0.4, 0.5) is 0 Å². The fourth-order valence-electron chi connectivity index (χ4n) is 5.36. The Bertz CT molecular complexity index is 906. The van der Waals surface area contributed by atoms with Crippen LogP contribution in [0, 0.1) is 11.3 Å². The molecule has 7 heteroatoms. The van der Waals surface area contributed by atoms with Crippen LogP contribution in [0.3, 0.4) is 0 Å². The summed E-state index contributed by atoms with van der Waals surface area (Å²) in [5.41, 5.74) is 0.404. The normalized spacial score (nSPS) is 25.7. The van der Waals surface area contributed by atoms with Gasteiger partial charge in [-0.05, 0) is 55.6 Å². The minimum Gasteiger partial charge on any atom is -0.339 e. The lowest BCUT2D eigenvalue weighted by molar-refractivity contribution is -0.161. The van der Waals surface area contributed by atoms with Crippen molar-refractivity contribution in [1.82, 2.24) is 9.80 Å². The molecule has 2 bridgehead atoms. The van der Waals surface area contributed by atoms with Crippen molar-refractivity contribution in [3.05, 3.63) is 30.3 Å². The van der Waals surface area contributed by atoms with Crippen molar-refractivity contribution >= 4 is 21.7 Å². The number of benzene rings is 1. The monoisotopic (exact) mass is 446 g/mol. The Morgan fingerprint density at radius 2 is 1.61 bits per heavy atom. The van der Waals surface area contributed by atoms with Crippen molar-refractivity contribution in [2.24, 2.45) is 11.3 Å². The van der Waals surface area contributed by atoms with Gasteiger partial charge in [-0.1, -0.05) is 32.0 Å². The first-order valence-electron chi connectivity index (χ1n) is 11.5. The number of rotatable bonds is 6. The molecule has 3 heterocycles. The van der Waals surface area contributed by atoms with Crippen LogP contribution in [0.25, 0.3) is 0 Å². The fraction of sp³-hybridized carbons (Fsp3) is 0.667. The van der Waals surface area contributed by atoms with E-state index in [0.29, 0.717) is 30.8 Å². The third-order valence-corrected chi connectivity index (χ3v) is 9.17. The van der Waals surface area contributed by atoms with Gasteiger partial charge in [0.1, 0.15) is 0 Å². The number of hydrogen-bond acceptors (Lipinski definition) is 4. The molecule has 6 nitrogen and oxygen atoms in total. The van der Waals surface area contributed by atoms with Gasteiger partial charge < -0.3 is 9.80 Å². The highest BCUT2D eigenvalue weighted by Gasteiger charge is 2.48. The third-order valence-electron chi connectivity index (χ3n) is 7.44. The van der Waals surface area contributed by atoms with Gasteiger partial charge in [0.25, 0.3) is 0 Å². The molecule has 0 radical (unpaired) electrons. The van der Waals surface area contributed by atoms with Crippen molar-refractivity contribution in [2.45, 2.75) is 75.8 Å². The van der Waals surface area contributed by atoms with E-state index < -0.39 is 9.84 Å². The minimum absolute atomic E-state index is 0.0114. The number of fused-ring (bicyclic) bond motifs is 2. The average molecular weight is 447 g/mol. The lowest BCUT2D eigenvalue weighted by Crippen LogP contribution is -2.70. The van der Waals surface area contributed by atoms with Crippen molar-refractivity contribution in [1.29, 1.82) is 0 Å². The predicted molar refractivity (Wildman–Crippen MR) is 119 cm³/mol. The zero-order valence-corrected chi connectivity index (χ0v) is 19.4. The van der Waals surface area contributed by atoms with Gasteiger partial charge in [-0.15, -0.1) is 0 Å². The first kappa shape index (κ1) is 22.3. The second-order valence-corrected chi connectivity index (χ2v) is 12.4. The van der Waals surface area contributed by atoms with Gasteiger partial charge >= 0.3 is 0 Å². The summed E-state index contributed by atoms with van der Waals surface area (Å²) >= 11 is 0. The zero-order valence-electron chi connectivity index (χ0n) is 18.6. The fourth-order valence-corrected chi connectivity index (χ4v) is 6.61. The molecule has 2 atom stereocenters. The van der Waals surface area contributed by atoms with Gasteiger partial charge in [0.2, 0.25) is 11.8 Å². The van der Waals surface area contributed by atoms with Gasteiger partial charge in [0.15, 0.2) is 9.84 Å². The second kappa shape index (κ2) is 8.57. The van der Waals surface area contributed by atoms with Crippen LogP contribution in [0.5, 0.6) is 0 Å². The summed E-state index contributed by atoms with van der Waals surface area (Å²) in [6.07, 6.45) is 6.20.